The summed E-state index contributed by atoms with van der Waals surface area (Å²) in [5.41, 5.74) is 1.47. The standard InChI is InChI=1S/C15H15N7O3/c16-8-10(14-18-20-21-19-14)9-17-12-3-1-2-11(15(23)24)13(12)22-4-6-25-7-5-22/h1-3,9,17H,4-7H2,(H,23,24)(H,18,19,20,21). The van der Waals surface area contributed by atoms with Crippen molar-refractivity contribution in [1.82, 2.24) is 20.6 Å². The molecule has 0 atom stereocenters. The molecule has 2 heterocycles. The monoisotopic (exact) mass is 341 g/mol. The maximum absolute atomic E-state index is 11.6. The maximum Gasteiger partial charge on any atom is 0.337 e. The number of aromatic nitrogens is 4. The topological polar surface area (TPSA) is 140 Å². The minimum absolute atomic E-state index is 0.150. The van der Waals surface area contributed by atoms with Crippen molar-refractivity contribution in [3.8, 4) is 6.07 Å². The molecule has 0 saturated carbocycles. The van der Waals surface area contributed by atoms with Crippen LogP contribution in [0.2, 0.25) is 0 Å². The number of benzene rings is 1. The number of anilines is 2. The lowest BCUT2D eigenvalue weighted by Gasteiger charge is -2.31. The summed E-state index contributed by atoms with van der Waals surface area (Å²) in [6.45, 7) is 2.21. The van der Waals surface area contributed by atoms with Gasteiger partial charge in [-0.15, -0.1) is 10.2 Å². The number of nitrogens with zero attached hydrogens (tertiary/aromatic N) is 5. The highest BCUT2D eigenvalue weighted by atomic mass is 16.5. The molecule has 0 radical (unpaired) electrons. The van der Waals surface area contributed by atoms with Crippen molar-refractivity contribution in [2.75, 3.05) is 36.5 Å². The molecular weight excluding hydrogens is 326 g/mol. The molecule has 0 unspecified atom stereocenters. The molecular formula is C15H15N7O3. The molecule has 1 aromatic heterocycles. The Labute approximate surface area is 142 Å². The number of carbonyl (C=O) groups is 1. The highest BCUT2D eigenvalue weighted by molar-refractivity contribution is 5.98. The van der Waals surface area contributed by atoms with Crippen LogP contribution in [0, 0.1) is 11.3 Å². The molecule has 2 aromatic rings. The minimum atomic E-state index is -1.02. The minimum Gasteiger partial charge on any atom is -0.478 e. The summed E-state index contributed by atoms with van der Waals surface area (Å²) in [4.78, 5) is 13.6. The second-order valence-corrected chi connectivity index (χ2v) is 5.16. The quantitative estimate of drug-likeness (QED) is 0.670. The summed E-state index contributed by atoms with van der Waals surface area (Å²) >= 11 is 0. The second-order valence-electron chi connectivity index (χ2n) is 5.16. The predicted octanol–water partition coefficient (Wildman–Crippen LogP) is 0.711. The number of aromatic amines is 1. The summed E-state index contributed by atoms with van der Waals surface area (Å²) in [5.74, 6) is -0.870. The third-order valence-corrected chi connectivity index (χ3v) is 3.67. The zero-order chi connectivity index (χ0) is 17.6. The van der Waals surface area contributed by atoms with Crippen molar-refractivity contribution in [3.63, 3.8) is 0 Å². The van der Waals surface area contributed by atoms with Gasteiger partial charge in [0.25, 0.3) is 0 Å². The average molecular weight is 341 g/mol. The van der Waals surface area contributed by atoms with Crippen molar-refractivity contribution in [2.45, 2.75) is 0 Å². The van der Waals surface area contributed by atoms with Crippen molar-refractivity contribution in [3.05, 3.63) is 35.8 Å². The first-order valence-electron chi connectivity index (χ1n) is 7.50. The van der Waals surface area contributed by atoms with E-state index in [2.05, 4.69) is 25.9 Å². The number of para-hydroxylation sites is 1. The van der Waals surface area contributed by atoms with Gasteiger partial charge < -0.3 is 20.1 Å². The van der Waals surface area contributed by atoms with Gasteiger partial charge in [0.15, 0.2) is 0 Å². The molecule has 0 spiro atoms. The summed E-state index contributed by atoms with van der Waals surface area (Å²) in [6, 6.07) is 6.91. The van der Waals surface area contributed by atoms with Crippen molar-refractivity contribution < 1.29 is 14.6 Å². The molecule has 1 fully saturated rings. The van der Waals surface area contributed by atoms with Crippen LogP contribution < -0.4 is 10.2 Å². The van der Waals surface area contributed by atoms with Gasteiger partial charge in [-0.2, -0.15) is 10.5 Å². The molecule has 0 bridgehead atoms. The third kappa shape index (κ3) is 3.56. The van der Waals surface area contributed by atoms with E-state index >= 15 is 0 Å². The van der Waals surface area contributed by atoms with Crippen LogP contribution in [0.1, 0.15) is 16.2 Å². The van der Waals surface area contributed by atoms with E-state index in [0.717, 1.165) is 0 Å². The van der Waals surface area contributed by atoms with Crippen molar-refractivity contribution in [1.29, 1.82) is 5.26 Å². The van der Waals surface area contributed by atoms with Crippen LogP contribution in [0.4, 0.5) is 11.4 Å². The number of hydrogen-bond donors (Lipinski definition) is 3. The number of allylic oxidation sites excluding steroid dienone is 1. The molecule has 10 nitrogen and oxygen atoms in total. The van der Waals surface area contributed by atoms with Crippen molar-refractivity contribution in [2.24, 2.45) is 0 Å². The van der Waals surface area contributed by atoms with Crippen LogP contribution in [-0.4, -0.2) is 58.0 Å². The molecule has 25 heavy (non-hydrogen) atoms. The Morgan fingerprint density at radius 3 is 2.88 bits per heavy atom. The van der Waals surface area contributed by atoms with E-state index in [-0.39, 0.29) is 17.0 Å². The Hall–Kier alpha value is -3.45. The number of morpholine rings is 1. The van der Waals surface area contributed by atoms with Crippen LogP contribution in [0.3, 0.4) is 0 Å². The van der Waals surface area contributed by atoms with Crippen LogP contribution in [-0.2, 0) is 4.74 Å². The Kier molecular flexibility index (Phi) is 4.87. The number of ether oxygens (including phenoxy) is 1. The summed E-state index contributed by atoms with van der Waals surface area (Å²) in [6.07, 6.45) is 1.43. The van der Waals surface area contributed by atoms with Gasteiger partial charge in [0.2, 0.25) is 5.82 Å². The van der Waals surface area contributed by atoms with Gasteiger partial charge in [0.05, 0.1) is 30.2 Å². The predicted molar refractivity (Wildman–Crippen MR) is 87.8 cm³/mol. The smallest absolute Gasteiger partial charge is 0.337 e. The lowest BCUT2D eigenvalue weighted by Crippen LogP contribution is -2.37. The first-order chi connectivity index (χ1) is 12.2. The van der Waals surface area contributed by atoms with Crippen LogP contribution >= 0.6 is 0 Å². The van der Waals surface area contributed by atoms with Gasteiger partial charge >= 0.3 is 5.97 Å². The van der Waals surface area contributed by atoms with Gasteiger partial charge in [-0.25, -0.2) is 4.79 Å². The number of aromatic carboxylic acids is 1. The number of carboxylic acids is 1. The number of nitriles is 1. The number of nitrogens with one attached hydrogen (secondary N) is 2. The van der Waals surface area contributed by atoms with Gasteiger partial charge in [0, 0.05) is 19.3 Å². The number of hydrogen-bond acceptors (Lipinski definition) is 8. The van der Waals surface area contributed by atoms with E-state index in [0.29, 0.717) is 37.7 Å². The number of rotatable bonds is 5. The van der Waals surface area contributed by atoms with Gasteiger partial charge in [-0.1, -0.05) is 6.07 Å². The van der Waals surface area contributed by atoms with E-state index in [4.69, 9.17) is 4.74 Å². The fraction of sp³-hybridized carbons (Fsp3) is 0.267. The maximum atomic E-state index is 11.6. The molecule has 0 amide bonds. The fourth-order valence-corrected chi connectivity index (χ4v) is 2.53. The van der Waals surface area contributed by atoms with E-state index < -0.39 is 5.97 Å². The summed E-state index contributed by atoms with van der Waals surface area (Å²) < 4.78 is 5.33. The average Bonchev–Trinajstić information content (AvgIpc) is 3.17. The van der Waals surface area contributed by atoms with Gasteiger partial charge in [0.1, 0.15) is 11.6 Å². The zero-order valence-electron chi connectivity index (χ0n) is 13.1. The first-order valence-corrected chi connectivity index (χ1v) is 7.50. The van der Waals surface area contributed by atoms with Crippen LogP contribution in [0.15, 0.2) is 24.4 Å². The van der Waals surface area contributed by atoms with Gasteiger partial charge in [-0.3, -0.25) is 0 Å². The Morgan fingerprint density at radius 2 is 2.24 bits per heavy atom. The molecule has 3 N–H and O–H groups in total. The van der Waals surface area contributed by atoms with E-state index in [9.17, 15) is 15.2 Å². The normalized spacial score (nSPS) is 14.8. The lowest BCUT2D eigenvalue weighted by molar-refractivity contribution is 0.0696. The van der Waals surface area contributed by atoms with Crippen LogP contribution in [0.25, 0.3) is 5.57 Å². The zero-order valence-corrected chi connectivity index (χ0v) is 13.1. The second kappa shape index (κ2) is 7.41. The van der Waals surface area contributed by atoms with E-state index in [1.165, 1.54) is 6.20 Å². The lowest BCUT2D eigenvalue weighted by atomic mass is 10.1. The third-order valence-electron chi connectivity index (χ3n) is 3.67. The van der Waals surface area contributed by atoms with E-state index in [1.54, 1.807) is 18.2 Å². The molecule has 1 aliphatic rings. The molecule has 3 rings (SSSR count). The first kappa shape index (κ1) is 16.4. The molecule has 128 valence electrons. The number of tetrazole rings is 1. The Morgan fingerprint density at radius 1 is 1.44 bits per heavy atom. The Balaban J connectivity index is 1.96. The molecule has 10 heteroatoms. The summed E-state index contributed by atoms with van der Waals surface area (Å²) in [7, 11) is 0. The van der Waals surface area contributed by atoms with E-state index in [1.807, 2.05) is 11.0 Å². The highest BCUT2D eigenvalue weighted by Crippen LogP contribution is 2.31. The van der Waals surface area contributed by atoms with Crippen molar-refractivity contribution >= 4 is 22.9 Å². The fourth-order valence-electron chi connectivity index (χ4n) is 2.53. The Bertz CT molecular complexity index is 820. The summed E-state index contributed by atoms with van der Waals surface area (Å²) in [5, 5.41) is 35.0. The largest absolute Gasteiger partial charge is 0.478 e. The molecule has 1 aromatic carbocycles. The number of carboxylic acid groups (broad SMARTS) is 1. The highest BCUT2D eigenvalue weighted by Gasteiger charge is 2.21. The SMILES string of the molecule is N#CC(=CNc1cccc(C(=O)O)c1N1CCOCC1)c1nn[nH]n1. The molecule has 1 saturated heterocycles. The van der Waals surface area contributed by atoms with Crippen LogP contribution in [0.5, 0.6) is 0 Å². The molecule has 0 aliphatic carbocycles. The number of H-pyrrole nitrogens is 1. The molecule has 1 aliphatic heterocycles. The van der Waals surface area contributed by atoms with Gasteiger partial charge in [-0.05, 0) is 17.3 Å².